The summed E-state index contributed by atoms with van der Waals surface area (Å²) in [6.07, 6.45) is 2.68. The average molecular weight is 262 g/mol. The molecule has 0 aliphatic heterocycles. The molecule has 0 radical (unpaired) electrons. The summed E-state index contributed by atoms with van der Waals surface area (Å²) < 4.78 is 7.38. The molecule has 8 heteroatoms. The molecule has 0 fully saturated rings. The molecule has 0 spiro atoms. The third-order valence-corrected chi connectivity index (χ3v) is 2.78. The van der Waals surface area contributed by atoms with Crippen molar-refractivity contribution in [3.8, 4) is 5.75 Å². The molecule has 100 valence electrons. The summed E-state index contributed by atoms with van der Waals surface area (Å²) in [4.78, 5) is 3.87. The first kappa shape index (κ1) is 13.4. The quantitative estimate of drug-likeness (QED) is 0.624. The van der Waals surface area contributed by atoms with E-state index in [2.05, 4.69) is 10.1 Å². The van der Waals surface area contributed by atoms with E-state index in [1.165, 1.54) is 12.3 Å². The van der Waals surface area contributed by atoms with E-state index in [0.29, 0.717) is 5.75 Å². The van der Waals surface area contributed by atoms with Gasteiger partial charge in [-0.1, -0.05) is 0 Å². The Morgan fingerprint density at radius 3 is 2.79 bits per heavy atom. The molecule has 0 bridgehead atoms. The van der Waals surface area contributed by atoms with Gasteiger partial charge in [0.2, 0.25) is 0 Å². The molecule has 2 rings (SSSR count). The first-order chi connectivity index (χ1) is 8.99. The zero-order chi connectivity index (χ0) is 14.0. The molecule has 0 saturated heterocycles. The van der Waals surface area contributed by atoms with Crippen molar-refractivity contribution < 1.29 is 14.8 Å². The van der Waals surface area contributed by atoms with Crippen molar-refractivity contribution in [2.45, 2.75) is 13.0 Å². The molecule has 1 unspecified atom stereocenters. The number of aromatic nitrogens is 3. The van der Waals surface area contributed by atoms with Crippen molar-refractivity contribution in [1.82, 2.24) is 14.8 Å². The van der Waals surface area contributed by atoms with Gasteiger partial charge in [0.05, 0.1) is 5.69 Å². The number of ether oxygens (including phenoxy) is 1. The summed E-state index contributed by atoms with van der Waals surface area (Å²) in [5.41, 5.74) is 6.80. The molecule has 0 amide bonds. The van der Waals surface area contributed by atoms with Crippen LogP contribution in [-0.2, 0) is 7.05 Å². The fourth-order valence-corrected chi connectivity index (χ4v) is 1.74. The zero-order valence-electron chi connectivity index (χ0n) is 10.7. The maximum atomic E-state index is 9.11. The van der Waals surface area contributed by atoms with E-state index in [1.807, 2.05) is 20.0 Å². The van der Waals surface area contributed by atoms with Gasteiger partial charge < -0.3 is 20.5 Å². The largest absolute Gasteiger partial charge is 0.490 e. The average Bonchev–Trinajstić information content (AvgIpc) is 2.78. The van der Waals surface area contributed by atoms with Gasteiger partial charge in [0.25, 0.3) is 0 Å². The van der Waals surface area contributed by atoms with Gasteiger partial charge in [0, 0.05) is 24.9 Å². The Morgan fingerprint density at radius 1 is 1.47 bits per heavy atom. The number of nitrogen functional groups attached to an aromatic ring is 1. The molecule has 7 nitrogen and oxygen atoms in total. The van der Waals surface area contributed by atoms with Crippen molar-refractivity contribution in [2.75, 3.05) is 5.73 Å². The lowest BCUT2D eigenvalue weighted by Crippen LogP contribution is -2.30. The smallest absolute Gasteiger partial charge is 0.481 e. The van der Waals surface area contributed by atoms with Crippen molar-refractivity contribution in [3.63, 3.8) is 0 Å². The first-order valence-corrected chi connectivity index (χ1v) is 5.75. The third kappa shape index (κ3) is 2.86. The first-order valence-electron chi connectivity index (χ1n) is 5.75. The summed E-state index contributed by atoms with van der Waals surface area (Å²) in [5.74, 6) is 0.498. The molecule has 2 aromatic rings. The Balaban J connectivity index is 2.23. The zero-order valence-corrected chi connectivity index (χ0v) is 10.7. The molecule has 4 N–H and O–H groups in total. The number of nitrogens with two attached hydrogens (primary N) is 1. The monoisotopic (exact) mass is 262 g/mol. The fourth-order valence-electron chi connectivity index (χ4n) is 1.74. The Bertz CT molecular complexity index is 573. The Kier molecular flexibility index (Phi) is 3.73. The van der Waals surface area contributed by atoms with Gasteiger partial charge in [0.1, 0.15) is 6.10 Å². The van der Waals surface area contributed by atoms with E-state index in [0.717, 1.165) is 5.69 Å². The van der Waals surface area contributed by atoms with Gasteiger partial charge in [-0.3, -0.25) is 4.68 Å². The minimum absolute atomic E-state index is 0.193. The van der Waals surface area contributed by atoms with Crippen LogP contribution in [0.3, 0.4) is 0 Å². The van der Waals surface area contributed by atoms with Gasteiger partial charge in [0.15, 0.2) is 11.6 Å². The molecule has 1 atom stereocenters. The van der Waals surface area contributed by atoms with Crippen LogP contribution in [0.1, 0.15) is 18.7 Å². The van der Waals surface area contributed by atoms with Crippen molar-refractivity contribution >= 4 is 18.4 Å². The predicted octanol–water partition coefficient (Wildman–Crippen LogP) is -0.783. The third-order valence-electron chi connectivity index (χ3n) is 2.78. The summed E-state index contributed by atoms with van der Waals surface area (Å²) in [5, 5.41) is 22.3. The summed E-state index contributed by atoms with van der Waals surface area (Å²) >= 11 is 0. The second-order valence-electron chi connectivity index (χ2n) is 4.17. The summed E-state index contributed by atoms with van der Waals surface area (Å²) in [7, 11) is 0.201. The second kappa shape index (κ2) is 5.29. The van der Waals surface area contributed by atoms with E-state index in [9.17, 15) is 0 Å². The molecular weight excluding hydrogens is 247 g/mol. The Labute approximate surface area is 110 Å². The van der Waals surface area contributed by atoms with E-state index in [4.69, 9.17) is 20.5 Å². The highest BCUT2D eigenvalue weighted by Crippen LogP contribution is 2.24. The van der Waals surface area contributed by atoms with E-state index in [1.54, 1.807) is 10.9 Å². The molecular formula is C11H15BN4O3. The highest BCUT2D eigenvalue weighted by Gasteiger charge is 2.17. The van der Waals surface area contributed by atoms with Crippen LogP contribution in [0.15, 0.2) is 24.5 Å². The lowest BCUT2D eigenvalue weighted by atomic mass is 9.81. The Morgan fingerprint density at radius 2 is 2.21 bits per heavy atom. The Hall–Kier alpha value is -2.06. The van der Waals surface area contributed by atoms with Gasteiger partial charge in [-0.25, -0.2) is 4.98 Å². The topological polar surface area (TPSA) is 106 Å². The molecule has 0 aliphatic carbocycles. The second-order valence-corrected chi connectivity index (χ2v) is 4.17. The van der Waals surface area contributed by atoms with Crippen LogP contribution in [0.25, 0.3) is 0 Å². The van der Waals surface area contributed by atoms with Crippen molar-refractivity contribution in [2.24, 2.45) is 7.05 Å². The number of rotatable bonds is 4. The van der Waals surface area contributed by atoms with Gasteiger partial charge >= 0.3 is 7.12 Å². The van der Waals surface area contributed by atoms with Gasteiger partial charge in [-0.05, 0) is 19.1 Å². The molecule has 19 heavy (non-hydrogen) atoms. The summed E-state index contributed by atoms with van der Waals surface area (Å²) in [6, 6.07) is 3.29. The standard InChI is InChI=1S/C11H15BN4O3/c1-7(9-3-4-15-16(9)2)19-10-5-8(12(17)18)6-14-11(10)13/h3-7,17-18H,1-2H3,(H2,13,14). The molecule has 0 saturated carbocycles. The maximum Gasteiger partial charge on any atom is 0.490 e. The van der Waals surface area contributed by atoms with Crippen LogP contribution in [0.4, 0.5) is 5.82 Å². The van der Waals surface area contributed by atoms with Crippen LogP contribution in [0, 0.1) is 0 Å². The fraction of sp³-hybridized carbons (Fsp3) is 0.273. The maximum absolute atomic E-state index is 9.11. The number of nitrogens with zero attached hydrogens (tertiary/aromatic N) is 3. The van der Waals surface area contributed by atoms with Gasteiger partial charge in [-0.15, -0.1) is 0 Å². The molecule has 2 aromatic heterocycles. The van der Waals surface area contributed by atoms with Crippen LogP contribution in [0.5, 0.6) is 5.75 Å². The number of pyridine rings is 1. The number of hydrogen-bond acceptors (Lipinski definition) is 6. The molecule has 0 aromatic carbocycles. The van der Waals surface area contributed by atoms with E-state index in [-0.39, 0.29) is 17.4 Å². The number of aryl methyl sites for hydroxylation is 1. The van der Waals surface area contributed by atoms with Crippen molar-refractivity contribution in [1.29, 1.82) is 0 Å². The minimum Gasteiger partial charge on any atom is -0.481 e. The minimum atomic E-state index is -1.61. The highest BCUT2D eigenvalue weighted by atomic mass is 16.5. The van der Waals surface area contributed by atoms with Crippen LogP contribution in [-0.4, -0.2) is 31.9 Å². The highest BCUT2D eigenvalue weighted by molar-refractivity contribution is 6.58. The van der Waals surface area contributed by atoms with E-state index < -0.39 is 7.12 Å². The number of anilines is 1. The van der Waals surface area contributed by atoms with E-state index >= 15 is 0 Å². The van der Waals surface area contributed by atoms with Crippen molar-refractivity contribution in [3.05, 3.63) is 30.2 Å². The molecule has 0 aliphatic rings. The van der Waals surface area contributed by atoms with Crippen LogP contribution < -0.4 is 15.9 Å². The lowest BCUT2D eigenvalue weighted by molar-refractivity contribution is 0.217. The number of hydrogen-bond donors (Lipinski definition) is 3. The normalized spacial score (nSPS) is 12.2. The SMILES string of the molecule is CC(Oc1cc(B(O)O)cnc1N)c1ccnn1C. The predicted molar refractivity (Wildman–Crippen MR) is 70.7 cm³/mol. The van der Waals surface area contributed by atoms with Crippen LogP contribution in [0.2, 0.25) is 0 Å². The van der Waals surface area contributed by atoms with Crippen LogP contribution >= 0.6 is 0 Å². The summed E-state index contributed by atoms with van der Waals surface area (Å²) in [6.45, 7) is 1.85. The lowest BCUT2D eigenvalue weighted by Gasteiger charge is -2.16. The molecule has 2 heterocycles. The van der Waals surface area contributed by atoms with Gasteiger partial charge in [-0.2, -0.15) is 5.10 Å².